The zero-order valence-corrected chi connectivity index (χ0v) is 18.3. The van der Waals surface area contributed by atoms with Gasteiger partial charge in [-0.25, -0.2) is 0 Å². The number of hydrogen-bond donors (Lipinski definition) is 0. The fraction of sp³-hybridized carbons (Fsp3) is 0.333. The van der Waals surface area contributed by atoms with E-state index in [1.54, 1.807) is 22.3 Å². The van der Waals surface area contributed by atoms with Crippen molar-refractivity contribution in [1.29, 1.82) is 0 Å². The molecule has 1 aromatic carbocycles. The molecule has 0 heterocycles. The van der Waals surface area contributed by atoms with Gasteiger partial charge in [-0.2, -0.15) is 0 Å². The molecule has 0 bridgehead atoms. The second kappa shape index (κ2) is 6.45. The van der Waals surface area contributed by atoms with Crippen molar-refractivity contribution in [2.45, 2.75) is 40.0 Å². The van der Waals surface area contributed by atoms with Gasteiger partial charge >= 0.3 is 0 Å². The molecule has 0 spiro atoms. The van der Waals surface area contributed by atoms with E-state index in [-0.39, 0.29) is 0 Å². The first-order chi connectivity index (χ1) is 14.5. The molecule has 3 atom stereocenters. The van der Waals surface area contributed by atoms with E-state index in [2.05, 4.69) is 93.6 Å². The van der Waals surface area contributed by atoms with Crippen LogP contribution in [0, 0.1) is 23.2 Å². The molecule has 5 aliphatic carbocycles. The van der Waals surface area contributed by atoms with Gasteiger partial charge in [-0.05, 0) is 74.5 Å². The molecule has 0 radical (unpaired) electrons. The second-order valence-corrected chi connectivity index (χ2v) is 10.5. The lowest BCUT2D eigenvalue weighted by molar-refractivity contribution is 0.287. The van der Waals surface area contributed by atoms with Gasteiger partial charge in [-0.3, -0.25) is 0 Å². The summed E-state index contributed by atoms with van der Waals surface area (Å²) in [5.74, 6) is 1.56. The SMILES string of the molecule is CC(C)(C)C1C=C2C=CC3=CC=C(C4=c5ccccc5=CCC4)C4C=CC(=C2C34)C1. The number of rotatable bonds is 1. The van der Waals surface area contributed by atoms with Crippen LogP contribution in [0.4, 0.5) is 0 Å². The summed E-state index contributed by atoms with van der Waals surface area (Å²) in [5.41, 5.74) is 9.56. The van der Waals surface area contributed by atoms with Crippen molar-refractivity contribution in [2.75, 3.05) is 0 Å². The molecule has 0 amide bonds. The highest BCUT2D eigenvalue weighted by Gasteiger charge is 2.41. The van der Waals surface area contributed by atoms with Gasteiger partial charge in [0.2, 0.25) is 0 Å². The molecule has 6 rings (SSSR count). The van der Waals surface area contributed by atoms with Gasteiger partial charge in [0, 0.05) is 11.8 Å². The maximum Gasteiger partial charge on any atom is 0.0201 e. The number of allylic oxidation sites excluding steroid dienone is 12. The van der Waals surface area contributed by atoms with Gasteiger partial charge < -0.3 is 0 Å². The van der Waals surface area contributed by atoms with E-state index in [0.717, 1.165) is 12.8 Å². The first-order valence-corrected chi connectivity index (χ1v) is 11.5. The van der Waals surface area contributed by atoms with E-state index < -0.39 is 0 Å². The summed E-state index contributed by atoms with van der Waals surface area (Å²) in [5, 5.41) is 2.85. The van der Waals surface area contributed by atoms with Crippen LogP contribution in [0.3, 0.4) is 0 Å². The molecule has 0 aromatic heterocycles. The molecule has 0 N–H and O–H groups in total. The van der Waals surface area contributed by atoms with Crippen molar-refractivity contribution in [2.24, 2.45) is 23.2 Å². The molecular weight excluding hydrogens is 360 g/mol. The third kappa shape index (κ3) is 2.66. The van der Waals surface area contributed by atoms with Crippen molar-refractivity contribution in [3.8, 4) is 0 Å². The van der Waals surface area contributed by atoms with Crippen LogP contribution in [0.5, 0.6) is 0 Å². The van der Waals surface area contributed by atoms with Crippen LogP contribution in [-0.4, -0.2) is 0 Å². The minimum Gasteiger partial charge on any atom is -0.0763 e. The monoisotopic (exact) mass is 390 g/mol. The summed E-state index contributed by atoms with van der Waals surface area (Å²) < 4.78 is 0. The average molecular weight is 391 g/mol. The van der Waals surface area contributed by atoms with Gasteiger partial charge in [0.1, 0.15) is 0 Å². The lowest BCUT2D eigenvalue weighted by Gasteiger charge is -2.44. The Kier molecular flexibility index (Phi) is 3.91. The van der Waals surface area contributed by atoms with E-state index in [1.807, 2.05) is 0 Å². The zero-order valence-electron chi connectivity index (χ0n) is 18.3. The predicted molar refractivity (Wildman–Crippen MR) is 127 cm³/mol. The normalized spacial score (nSPS) is 28.8. The first-order valence-electron chi connectivity index (χ1n) is 11.5. The van der Waals surface area contributed by atoms with E-state index in [0.29, 0.717) is 23.2 Å². The van der Waals surface area contributed by atoms with E-state index in [1.165, 1.54) is 28.0 Å². The van der Waals surface area contributed by atoms with E-state index >= 15 is 0 Å². The van der Waals surface area contributed by atoms with Gasteiger partial charge in [0.15, 0.2) is 0 Å². The number of fused-ring (bicyclic) bond motifs is 1. The lowest BCUT2D eigenvalue weighted by atomic mass is 9.60. The third-order valence-corrected chi connectivity index (χ3v) is 7.79. The summed E-state index contributed by atoms with van der Waals surface area (Å²) in [4.78, 5) is 0. The highest BCUT2D eigenvalue weighted by Crippen LogP contribution is 2.53. The molecule has 150 valence electrons. The molecule has 1 aromatic rings. The molecule has 0 aliphatic heterocycles. The van der Waals surface area contributed by atoms with Gasteiger partial charge in [-0.15, -0.1) is 0 Å². The van der Waals surface area contributed by atoms with Crippen LogP contribution in [0.25, 0.3) is 11.6 Å². The summed E-state index contributed by atoms with van der Waals surface area (Å²) in [6, 6.07) is 8.95. The van der Waals surface area contributed by atoms with Crippen molar-refractivity contribution >= 4 is 11.6 Å². The molecular formula is C30H30. The Morgan fingerprint density at radius 3 is 2.70 bits per heavy atom. The van der Waals surface area contributed by atoms with Crippen molar-refractivity contribution in [3.05, 3.63) is 105 Å². The third-order valence-electron chi connectivity index (χ3n) is 7.79. The van der Waals surface area contributed by atoms with Crippen LogP contribution in [0.15, 0.2) is 94.7 Å². The average Bonchev–Trinajstić information content (AvgIpc) is 2.76. The zero-order chi connectivity index (χ0) is 20.5. The first kappa shape index (κ1) is 18.2. The minimum absolute atomic E-state index is 0.302. The quantitative estimate of drug-likeness (QED) is 0.557. The Bertz CT molecular complexity index is 1240. The van der Waals surface area contributed by atoms with Gasteiger partial charge in [0.05, 0.1) is 0 Å². The van der Waals surface area contributed by atoms with E-state index in [4.69, 9.17) is 0 Å². The molecule has 30 heavy (non-hydrogen) atoms. The predicted octanol–water partition coefficient (Wildman–Crippen LogP) is 5.94. The van der Waals surface area contributed by atoms with Crippen molar-refractivity contribution in [1.82, 2.24) is 0 Å². The standard InChI is InChI=1S/C30H30/c1-30(2,3)23-17-21-12-11-20-13-15-26(27-16-14-22(18-23)28(21)29(20)27)25-10-6-8-19-7-4-5-9-24(19)25/h4-5,7-9,11-17,23,27,29H,6,10,18H2,1-3H3. The van der Waals surface area contributed by atoms with Crippen LogP contribution in [0.2, 0.25) is 0 Å². The Balaban J connectivity index is 1.50. The van der Waals surface area contributed by atoms with Crippen LogP contribution >= 0.6 is 0 Å². The largest absolute Gasteiger partial charge is 0.0763 e. The van der Waals surface area contributed by atoms with Crippen LogP contribution < -0.4 is 10.4 Å². The molecule has 0 saturated carbocycles. The molecule has 0 nitrogen and oxygen atoms in total. The molecule has 5 aliphatic rings. The highest BCUT2D eigenvalue weighted by molar-refractivity contribution is 5.73. The topological polar surface area (TPSA) is 0 Å². The molecule has 0 saturated heterocycles. The molecule has 0 heteroatoms. The minimum atomic E-state index is 0.302. The number of benzene rings is 1. The van der Waals surface area contributed by atoms with E-state index in [9.17, 15) is 0 Å². The Hall–Kier alpha value is -2.60. The molecule has 3 unspecified atom stereocenters. The van der Waals surface area contributed by atoms with Crippen LogP contribution in [-0.2, 0) is 0 Å². The summed E-state index contributed by atoms with van der Waals surface area (Å²) in [7, 11) is 0. The lowest BCUT2D eigenvalue weighted by Crippen LogP contribution is -2.35. The van der Waals surface area contributed by atoms with Crippen molar-refractivity contribution < 1.29 is 0 Å². The smallest absolute Gasteiger partial charge is 0.0201 e. The molecule has 0 fully saturated rings. The Labute approximate surface area is 180 Å². The maximum atomic E-state index is 2.57. The second-order valence-electron chi connectivity index (χ2n) is 10.5. The van der Waals surface area contributed by atoms with Gasteiger partial charge in [-0.1, -0.05) is 93.6 Å². The van der Waals surface area contributed by atoms with Crippen LogP contribution in [0.1, 0.15) is 40.0 Å². The Morgan fingerprint density at radius 1 is 0.967 bits per heavy atom. The highest BCUT2D eigenvalue weighted by atomic mass is 14.4. The number of hydrogen-bond acceptors (Lipinski definition) is 0. The summed E-state index contributed by atoms with van der Waals surface area (Å²) >= 11 is 0. The summed E-state index contributed by atoms with van der Waals surface area (Å²) in [6.45, 7) is 7.13. The fourth-order valence-electron chi connectivity index (χ4n) is 6.11. The fourth-order valence-corrected chi connectivity index (χ4v) is 6.11. The Morgan fingerprint density at radius 2 is 1.83 bits per heavy atom. The maximum absolute atomic E-state index is 2.57. The van der Waals surface area contributed by atoms with Crippen molar-refractivity contribution in [3.63, 3.8) is 0 Å². The van der Waals surface area contributed by atoms with Gasteiger partial charge in [0.25, 0.3) is 0 Å². The summed E-state index contributed by atoms with van der Waals surface area (Å²) in [6.07, 6.45) is 23.0.